The average molecular weight is 311 g/mol. The molecular formula is C16H13N3O4. The van der Waals surface area contributed by atoms with Crippen molar-refractivity contribution in [1.82, 2.24) is 0 Å². The van der Waals surface area contributed by atoms with Crippen LogP contribution in [0.25, 0.3) is 6.08 Å². The first kappa shape index (κ1) is 15.9. The third kappa shape index (κ3) is 4.78. The number of nitrogens with zero attached hydrogens (tertiary/aromatic N) is 2. The summed E-state index contributed by atoms with van der Waals surface area (Å²) in [5.41, 5.74) is 6.74. The number of amidine groups is 1. The smallest absolute Gasteiger partial charge is 0.358 e. The Bertz CT molecular complexity index is 770. The molecular weight excluding hydrogens is 298 g/mol. The lowest BCUT2D eigenvalue weighted by Crippen LogP contribution is -2.14. The first-order valence-corrected chi connectivity index (χ1v) is 6.58. The molecule has 7 heteroatoms. The molecule has 0 aromatic heterocycles. The Morgan fingerprint density at radius 1 is 1.17 bits per heavy atom. The van der Waals surface area contributed by atoms with Gasteiger partial charge in [0.2, 0.25) is 0 Å². The Labute approximate surface area is 131 Å². The normalized spacial score (nSPS) is 11.4. The maximum atomic E-state index is 11.6. The zero-order chi connectivity index (χ0) is 16.7. The summed E-state index contributed by atoms with van der Waals surface area (Å²) in [6.45, 7) is 0. The lowest BCUT2D eigenvalue weighted by molar-refractivity contribution is -0.384. The van der Waals surface area contributed by atoms with Gasteiger partial charge >= 0.3 is 5.97 Å². The molecule has 7 nitrogen and oxygen atoms in total. The molecule has 0 bridgehead atoms. The molecule has 2 aromatic rings. The van der Waals surface area contributed by atoms with E-state index < -0.39 is 10.9 Å². The summed E-state index contributed by atoms with van der Waals surface area (Å²) in [5, 5.41) is 14.2. The van der Waals surface area contributed by atoms with E-state index in [-0.39, 0.29) is 11.5 Å². The number of hydrogen-bond donors (Lipinski definition) is 1. The molecule has 2 aromatic carbocycles. The van der Waals surface area contributed by atoms with Crippen LogP contribution in [0, 0.1) is 10.1 Å². The molecule has 0 atom stereocenters. The van der Waals surface area contributed by atoms with Gasteiger partial charge in [-0.25, -0.2) is 4.79 Å². The summed E-state index contributed by atoms with van der Waals surface area (Å²) >= 11 is 0. The van der Waals surface area contributed by atoms with Crippen molar-refractivity contribution >= 4 is 23.6 Å². The second-order valence-electron chi connectivity index (χ2n) is 4.44. The monoisotopic (exact) mass is 311 g/mol. The maximum Gasteiger partial charge on any atom is 0.358 e. The van der Waals surface area contributed by atoms with E-state index in [1.165, 1.54) is 24.3 Å². The predicted molar refractivity (Wildman–Crippen MR) is 85.4 cm³/mol. The summed E-state index contributed by atoms with van der Waals surface area (Å²) < 4.78 is 0. The molecule has 0 heterocycles. The van der Waals surface area contributed by atoms with Gasteiger partial charge < -0.3 is 10.6 Å². The van der Waals surface area contributed by atoms with E-state index >= 15 is 0 Å². The predicted octanol–water partition coefficient (Wildman–Crippen LogP) is 2.47. The van der Waals surface area contributed by atoms with Gasteiger partial charge in [-0.2, -0.15) is 0 Å². The highest BCUT2D eigenvalue weighted by atomic mass is 16.7. The number of nitro benzene ring substituents is 1. The van der Waals surface area contributed by atoms with Crippen molar-refractivity contribution in [1.29, 1.82) is 0 Å². The van der Waals surface area contributed by atoms with Crippen LogP contribution in [0.15, 0.2) is 65.8 Å². The minimum absolute atomic E-state index is 0.0631. The number of benzene rings is 2. The molecule has 0 unspecified atom stereocenters. The van der Waals surface area contributed by atoms with Crippen molar-refractivity contribution in [2.75, 3.05) is 0 Å². The van der Waals surface area contributed by atoms with Crippen LogP contribution in [0.1, 0.15) is 11.1 Å². The Kier molecular flexibility index (Phi) is 5.19. The quantitative estimate of drug-likeness (QED) is 0.228. The Morgan fingerprint density at radius 2 is 1.91 bits per heavy atom. The highest BCUT2D eigenvalue weighted by Gasteiger charge is 2.04. The Hall–Kier alpha value is -3.48. The van der Waals surface area contributed by atoms with Crippen molar-refractivity contribution in [2.45, 2.75) is 0 Å². The molecule has 0 aliphatic heterocycles. The number of hydrogen-bond acceptors (Lipinski definition) is 5. The molecule has 0 aliphatic carbocycles. The zero-order valence-electron chi connectivity index (χ0n) is 12.0. The lowest BCUT2D eigenvalue weighted by atomic mass is 10.2. The number of rotatable bonds is 5. The van der Waals surface area contributed by atoms with Crippen LogP contribution in [0.2, 0.25) is 0 Å². The Morgan fingerprint density at radius 3 is 2.61 bits per heavy atom. The van der Waals surface area contributed by atoms with Crippen molar-refractivity contribution < 1.29 is 14.6 Å². The highest BCUT2D eigenvalue weighted by Crippen LogP contribution is 2.14. The highest BCUT2D eigenvalue weighted by molar-refractivity contribution is 5.97. The van der Waals surface area contributed by atoms with Crippen LogP contribution in [-0.4, -0.2) is 16.7 Å². The van der Waals surface area contributed by atoms with Crippen LogP contribution < -0.4 is 5.73 Å². The fraction of sp³-hybridized carbons (Fsp3) is 0. The lowest BCUT2D eigenvalue weighted by Gasteiger charge is -1.98. The minimum atomic E-state index is -0.740. The van der Waals surface area contributed by atoms with Crippen LogP contribution in [-0.2, 0) is 9.63 Å². The minimum Gasteiger partial charge on any atom is -0.380 e. The van der Waals surface area contributed by atoms with Gasteiger partial charge in [-0.1, -0.05) is 47.6 Å². The van der Waals surface area contributed by atoms with Crippen LogP contribution in [0.4, 0.5) is 5.69 Å². The van der Waals surface area contributed by atoms with E-state index in [1.807, 2.05) is 6.07 Å². The van der Waals surface area contributed by atoms with Gasteiger partial charge in [0.15, 0.2) is 5.84 Å². The standard InChI is InChI=1S/C16H13N3O4/c17-16(13-6-2-1-3-7-13)18-23-15(20)10-9-12-5-4-8-14(11-12)19(21)22/h1-11H,(H2,17,18)/b10-9-. The average Bonchev–Trinajstić information content (AvgIpc) is 2.58. The van der Waals surface area contributed by atoms with Crippen LogP contribution in [0.3, 0.4) is 0 Å². The molecule has 0 fully saturated rings. The van der Waals surface area contributed by atoms with E-state index in [0.717, 1.165) is 6.08 Å². The topological polar surface area (TPSA) is 108 Å². The number of non-ortho nitro benzene ring substituents is 1. The summed E-state index contributed by atoms with van der Waals surface area (Å²) in [6, 6.07) is 14.7. The van der Waals surface area contributed by atoms with Crippen LogP contribution >= 0.6 is 0 Å². The molecule has 0 aliphatic rings. The molecule has 0 saturated carbocycles. The number of nitro groups is 1. The molecule has 0 radical (unpaired) electrons. The first-order valence-electron chi connectivity index (χ1n) is 6.58. The summed E-state index contributed by atoms with van der Waals surface area (Å²) in [7, 11) is 0. The van der Waals surface area contributed by atoms with Gasteiger partial charge in [0, 0.05) is 23.8 Å². The summed E-state index contributed by atoms with van der Waals surface area (Å²) in [6.07, 6.45) is 2.50. The number of oxime groups is 1. The van der Waals surface area contributed by atoms with Crippen molar-refractivity contribution in [2.24, 2.45) is 10.9 Å². The van der Waals surface area contributed by atoms with Gasteiger partial charge in [-0.05, 0) is 11.6 Å². The molecule has 116 valence electrons. The van der Waals surface area contributed by atoms with Gasteiger partial charge in [0.25, 0.3) is 5.69 Å². The first-order chi connectivity index (χ1) is 11.1. The van der Waals surface area contributed by atoms with E-state index in [2.05, 4.69) is 9.99 Å². The van der Waals surface area contributed by atoms with E-state index in [0.29, 0.717) is 11.1 Å². The maximum absolute atomic E-state index is 11.6. The second-order valence-corrected chi connectivity index (χ2v) is 4.44. The largest absolute Gasteiger partial charge is 0.380 e. The third-order valence-corrected chi connectivity index (χ3v) is 2.80. The molecule has 23 heavy (non-hydrogen) atoms. The van der Waals surface area contributed by atoms with Gasteiger partial charge in [-0.15, -0.1) is 0 Å². The van der Waals surface area contributed by atoms with E-state index in [1.54, 1.807) is 30.3 Å². The molecule has 0 spiro atoms. The van der Waals surface area contributed by atoms with Crippen molar-refractivity contribution in [3.05, 3.63) is 81.9 Å². The van der Waals surface area contributed by atoms with Gasteiger partial charge in [0.05, 0.1) is 4.92 Å². The van der Waals surface area contributed by atoms with Gasteiger partial charge in [0.1, 0.15) is 0 Å². The third-order valence-electron chi connectivity index (χ3n) is 2.80. The van der Waals surface area contributed by atoms with E-state index in [4.69, 9.17) is 5.73 Å². The number of carbonyl (C=O) groups excluding carboxylic acids is 1. The fourth-order valence-electron chi connectivity index (χ4n) is 1.69. The summed E-state index contributed by atoms with van der Waals surface area (Å²) in [4.78, 5) is 26.4. The van der Waals surface area contributed by atoms with Gasteiger partial charge in [-0.3, -0.25) is 10.1 Å². The zero-order valence-corrected chi connectivity index (χ0v) is 12.0. The van der Waals surface area contributed by atoms with Crippen molar-refractivity contribution in [3.63, 3.8) is 0 Å². The molecule has 0 amide bonds. The second kappa shape index (κ2) is 7.51. The molecule has 2 N–H and O–H groups in total. The fourth-order valence-corrected chi connectivity index (χ4v) is 1.69. The van der Waals surface area contributed by atoms with E-state index in [9.17, 15) is 14.9 Å². The molecule has 0 saturated heterocycles. The summed E-state index contributed by atoms with van der Waals surface area (Å²) in [5.74, 6) is -0.668. The number of nitrogens with two attached hydrogens (primary N) is 1. The SMILES string of the molecule is N/C(=N\OC(=O)/C=C\c1cccc([N+](=O)[O-])c1)c1ccccc1. The van der Waals surface area contributed by atoms with Crippen LogP contribution in [0.5, 0.6) is 0 Å². The Balaban J connectivity index is 1.99. The molecule has 2 rings (SSSR count). The van der Waals surface area contributed by atoms with Crippen molar-refractivity contribution in [3.8, 4) is 0 Å². The number of carbonyl (C=O) groups is 1.